The Morgan fingerprint density at radius 1 is 1.27 bits per heavy atom. The van der Waals surface area contributed by atoms with Gasteiger partial charge in [-0.05, 0) is 48.1 Å². The number of hydrogen-bond acceptors (Lipinski definition) is 4. The summed E-state index contributed by atoms with van der Waals surface area (Å²) in [6.45, 7) is 2.17. The number of carboxylic acid groups (broad SMARTS) is 1. The lowest BCUT2D eigenvalue weighted by molar-refractivity contribution is 0.0697. The lowest BCUT2D eigenvalue weighted by atomic mass is 10.2. The van der Waals surface area contributed by atoms with Crippen molar-refractivity contribution in [3.8, 4) is 0 Å². The predicted octanol–water partition coefficient (Wildman–Crippen LogP) is 4.33. The lowest BCUT2D eigenvalue weighted by Gasteiger charge is -2.02. The minimum absolute atomic E-state index is 0.234. The molecule has 114 valence electrons. The average Bonchev–Trinajstić information content (AvgIpc) is 2.54. The van der Waals surface area contributed by atoms with Gasteiger partial charge in [0, 0.05) is 4.90 Å². The third kappa shape index (κ3) is 4.93. The van der Waals surface area contributed by atoms with E-state index in [0.29, 0.717) is 5.69 Å². The maximum absolute atomic E-state index is 10.9. The molecular formula is C17H18N2O2S. The molecule has 2 N–H and O–H groups in total. The molecule has 0 saturated carbocycles. The monoisotopic (exact) mass is 314 g/mol. The Morgan fingerprint density at radius 2 is 2.05 bits per heavy atom. The number of anilines is 1. The van der Waals surface area contributed by atoms with Gasteiger partial charge in [0.1, 0.15) is 0 Å². The van der Waals surface area contributed by atoms with Gasteiger partial charge in [0.25, 0.3) is 0 Å². The Labute approximate surface area is 134 Å². The molecule has 0 bridgehead atoms. The Kier molecular flexibility index (Phi) is 6.03. The van der Waals surface area contributed by atoms with Gasteiger partial charge in [-0.3, -0.25) is 5.43 Å². The SMILES string of the molecule is CCCSc1ccc(C=NNc2cccc(C(=O)O)c2)cc1. The van der Waals surface area contributed by atoms with Gasteiger partial charge in [-0.2, -0.15) is 5.10 Å². The number of hydrogen-bond donors (Lipinski definition) is 2. The van der Waals surface area contributed by atoms with Crippen LogP contribution in [0.15, 0.2) is 58.5 Å². The summed E-state index contributed by atoms with van der Waals surface area (Å²) in [5.41, 5.74) is 4.71. The standard InChI is InChI=1S/C17H18N2O2S/c1-2-10-22-16-8-6-13(7-9-16)12-18-19-15-5-3-4-14(11-15)17(20)21/h3-9,11-12,19H,2,10H2,1H3,(H,20,21). The second-order valence-electron chi connectivity index (χ2n) is 4.67. The fourth-order valence-electron chi connectivity index (χ4n) is 1.77. The highest BCUT2D eigenvalue weighted by Crippen LogP contribution is 2.18. The van der Waals surface area contributed by atoms with E-state index in [-0.39, 0.29) is 5.56 Å². The maximum Gasteiger partial charge on any atom is 0.335 e. The van der Waals surface area contributed by atoms with E-state index >= 15 is 0 Å². The molecule has 4 nitrogen and oxygen atoms in total. The van der Waals surface area contributed by atoms with E-state index in [4.69, 9.17) is 5.11 Å². The van der Waals surface area contributed by atoms with Crippen molar-refractivity contribution >= 4 is 29.6 Å². The molecule has 0 atom stereocenters. The minimum atomic E-state index is -0.951. The molecule has 0 unspecified atom stereocenters. The number of nitrogens with zero attached hydrogens (tertiary/aromatic N) is 1. The second kappa shape index (κ2) is 8.24. The van der Waals surface area contributed by atoms with E-state index in [2.05, 4.69) is 29.6 Å². The van der Waals surface area contributed by atoms with Crippen LogP contribution in [0, 0.1) is 0 Å². The topological polar surface area (TPSA) is 61.7 Å². The van der Waals surface area contributed by atoms with Crippen molar-refractivity contribution < 1.29 is 9.90 Å². The summed E-state index contributed by atoms with van der Waals surface area (Å²) in [7, 11) is 0. The van der Waals surface area contributed by atoms with Crippen molar-refractivity contribution in [1.29, 1.82) is 0 Å². The van der Waals surface area contributed by atoms with Crippen LogP contribution >= 0.6 is 11.8 Å². The van der Waals surface area contributed by atoms with E-state index in [0.717, 1.165) is 17.7 Å². The van der Waals surface area contributed by atoms with Crippen molar-refractivity contribution in [2.75, 3.05) is 11.2 Å². The molecule has 22 heavy (non-hydrogen) atoms. The molecule has 2 aromatic carbocycles. The van der Waals surface area contributed by atoms with Gasteiger partial charge in [-0.15, -0.1) is 11.8 Å². The number of thioether (sulfide) groups is 1. The Bertz CT molecular complexity index is 654. The van der Waals surface area contributed by atoms with Gasteiger partial charge in [0.2, 0.25) is 0 Å². The highest BCUT2D eigenvalue weighted by molar-refractivity contribution is 7.99. The largest absolute Gasteiger partial charge is 0.478 e. The van der Waals surface area contributed by atoms with Gasteiger partial charge >= 0.3 is 5.97 Å². The average molecular weight is 314 g/mol. The summed E-state index contributed by atoms with van der Waals surface area (Å²) in [6, 6.07) is 14.7. The van der Waals surface area contributed by atoms with Crippen molar-refractivity contribution in [2.24, 2.45) is 5.10 Å². The highest BCUT2D eigenvalue weighted by atomic mass is 32.2. The molecule has 0 saturated heterocycles. The van der Waals surface area contributed by atoms with Crippen molar-refractivity contribution in [3.63, 3.8) is 0 Å². The van der Waals surface area contributed by atoms with Crippen molar-refractivity contribution in [3.05, 3.63) is 59.7 Å². The molecule has 0 aromatic heterocycles. The van der Waals surface area contributed by atoms with Gasteiger partial charge < -0.3 is 5.11 Å². The van der Waals surface area contributed by atoms with Crippen LogP contribution in [-0.2, 0) is 0 Å². The Balaban J connectivity index is 1.94. The summed E-state index contributed by atoms with van der Waals surface area (Å²) in [5.74, 6) is 0.169. The molecule has 0 aliphatic carbocycles. The fraction of sp³-hybridized carbons (Fsp3) is 0.176. The number of rotatable bonds is 7. The zero-order valence-corrected chi connectivity index (χ0v) is 13.1. The Hall–Kier alpha value is -2.27. The van der Waals surface area contributed by atoms with E-state index in [1.54, 1.807) is 30.5 Å². The first kappa shape index (κ1) is 16.1. The summed E-state index contributed by atoms with van der Waals surface area (Å²) in [4.78, 5) is 12.1. The molecule has 2 rings (SSSR count). The number of benzene rings is 2. The molecule has 0 fully saturated rings. The number of nitrogens with one attached hydrogen (secondary N) is 1. The zero-order chi connectivity index (χ0) is 15.8. The molecular weight excluding hydrogens is 296 g/mol. The summed E-state index contributed by atoms with van der Waals surface area (Å²) in [6.07, 6.45) is 2.87. The molecule has 5 heteroatoms. The van der Waals surface area contributed by atoms with Crippen LogP contribution in [0.5, 0.6) is 0 Å². The summed E-state index contributed by atoms with van der Waals surface area (Å²) < 4.78 is 0. The van der Waals surface area contributed by atoms with E-state index in [1.807, 2.05) is 23.9 Å². The molecule has 0 aliphatic rings. The summed E-state index contributed by atoms with van der Waals surface area (Å²) in [5, 5.41) is 13.1. The predicted molar refractivity (Wildman–Crippen MR) is 92.1 cm³/mol. The first-order valence-electron chi connectivity index (χ1n) is 7.04. The van der Waals surface area contributed by atoms with Crippen LogP contribution in [-0.4, -0.2) is 23.0 Å². The fourth-order valence-corrected chi connectivity index (χ4v) is 2.54. The number of carbonyl (C=O) groups is 1. The molecule has 0 aliphatic heterocycles. The first-order valence-corrected chi connectivity index (χ1v) is 8.03. The van der Waals surface area contributed by atoms with Crippen LogP contribution < -0.4 is 5.43 Å². The first-order chi connectivity index (χ1) is 10.7. The van der Waals surface area contributed by atoms with Crippen LogP contribution in [0.4, 0.5) is 5.69 Å². The van der Waals surface area contributed by atoms with E-state index in [9.17, 15) is 4.79 Å². The molecule has 0 radical (unpaired) electrons. The van der Waals surface area contributed by atoms with Crippen LogP contribution in [0.25, 0.3) is 0 Å². The molecule has 0 amide bonds. The highest BCUT2D eigenvalue weighted by Gasteiger charge is 2.02. The normalized spacial score (nSPS) is 10.8. The second-order valence-corrected chi connectivity index (χ2v) is 5.84. The number of hydrazone groups is 1. The summed E-state index contributed by atoms with van der Waals surface area (Å²) >= 11 is 1.84. The van der Waals surface area contributed by atoms with Crippen molar-refractivity contribution in [2.45, 2.75) is 18.2 Å². The van der Waals surface area contributed by atoms with Crippen molar-refractivity contribution in [1.82, 2.24) is 0 Å². The third-order valence-electron chi connectivity index (χ3n) is 2.87. The minimum Gasteiger partial charge on any atom is -0.478 e. The maximum atomic E-state index is 10.9. The quantitative estimate of drug-likeness (QED) is 0.453. The van der Waals surface area contributed by atoms with Gasteiger partial charge in [0.05, 0.1) is 17.5 Å². The third-order valence-corrected chi connectivity index (χ3v) is 4.09. The van der Waals surface area contributed by atoms with Gasteiger partial charge in [-0.1, -0.05) is 25.1 Å². The Morgan fingerprint density at radius 3 is 2.73 bits per heavy atom. The smallest absolute Gasteiger partial charge is 0.335 e. The van der Waals surface area contributed by atoms with Gasteiger partial charge in [0.15, 0.2) is 0 Å². The number of carboxylic acids is 1. The molecule has 0 spiro atoms. The van der Waals surface area contributed by atoms with E-state index in [1.165, 1.54) is 4.90 Å². The van der Waals surface area contributed by atoms with Gasteiger partial charge in [-0.25, -0.2) is 4.79 Å². The molecule has 2 aromatic rings. The lowest BCUT2D eigenvalue weighted by Crippen LogP contribution is -1.97. The molecule has 0 heterocycles. The van der Waals surface area contributed by atoms with E-state index < -0.39 is 5.97 Å². The van der Waals surface area contributed by atoms with Crippen LogP contribution in [0.1, 0.15) is 29.3 Å². The zero-order valence-electron chi connectivity index (χ0n) is 12.3. The van der Waals surface area contributed by atoms with Crippen LogP contribution in [0.3, 0.4) is 0 Å². The number of aromatic carboxylic acids is 1. The van der Waals surface area contributed by atoms with Crippen LogP contribution in [0.2, 0.25) is 0 Å².